The summed E-state index contributed by atoms with van der Waals surface area (Å²) in [6.07, 6.45) is -2.09. The number of hydrogen-bond acceptors (Lipinski definition) is 5. The summed E-state index contributed by atoms with van der Waals surface area (Å²) >= 11 is 0. The first kappa shape index (κ1) is 17.4. The van der Waals surface area contributed by atoms with Gasteiger partial charge in [-0.25, -0.2) is 14.5 Å². The highest BCUT2D eigenvalue weighted by Crippen LogP contribution is 2.31. The van der Waals surface area contributed by atoms with E-state index >= 15 is 0 Å². The van der Waals surface area contributed by atoms with Crippen molar-refractivity contribution >= 4 is 18.0 Å². The minimum absolute atomic E-state index is 0.104. The largest absolute Gasteiger partial charge is 0.480 e. The quantitative estimate of drug-likeness (QED) is 0.812. The molecule has 1 fully saturated rings. The molecule has 2 amide bonds. The van der Waals surface area contributed by atoms with E-state index in [1.807, 2.05) is 0 Å². The third kappa shape index (κ3) is 3.93. The SMILES string of the molecule is CC(C)C(O)C1CC(C(=O)O)N(C(=O)OC(C)(C)C)C1=O. The van der Waals surface area contributed by atoms with Crippen LogP contribution in [0.25, 0.3) is 0 Å². The standard InChI is InChI=1S/C14H23NO6/c1-7(2)10(16)8-6-9(12(18)19)15(11(8)17)13(20)21-14(3,4)5/h7-10,16H,6H2,1-5H3,(H,18,19). The van der Waals surface area contributed by atoms with E-state index in [1.54, 1.807) is 34.6 Å². The number of ether oxygens (including phenoxy) is 1. The first-order valence-corrected chi connectivity index (χ1v) is 6.92. The number of rotatable bonds is 3. The maximum Gasteiger partial charge on any atom is 0.417 e. The minimum atomic E-state index is -1.30. The molecule has 0 spiro atoms. The molecular weight excluding hydrogens is 278 g/mol. The predicted molar refractivity (Wildman–Crippen MR) is 73.5 cm³/mol. The minimum Gasteiger partial charge on any atom is -0.480 e. The van der Waals surface area contributed by atoms with E-state index in [0.717, 1.165) is 0 Å². The van der Waals surface area contributed by atoms with Crippen LogP contribution in [0.5, 0.6) is 0 Å². The second-order valence-electron chi connectivity index (χ2n) is 6.62. The van der Waals surface area contributed by atoms with Gasteiger partial charge >= 0.3 is 12.1 Å². The maximum atomic E-state index is 12.3. The number of carboxylic acid groups (broad SMARTS) is 1. The molecule has 0 saturated carbocycles. The van der Waals surface area contributed by atoms with Crippen molar-refractivity contribution in [3.63, 3.8) is 0 Å². The normalized spacial score (nSPS) is 24.3. The number of aliphatic hydroxyl groups is 1. The zero-order valence-electron chi connectivity index (χ0n) is 13.0. The lowest BCUT2D eigenvalue weighted by molar-refractivity contribution is -0.146. The van der Waals surface area contributed by atoms with Gasteiger partial charge in [0.15, 0.2) is 0 Å². The van der Waals surface area contributed by atoms with Crippen LogP contribution in [0.15, 0.2) is 0 Å². The topological polar surface area (TPSA) is 104 Å². The van der Waals surface area contributed by atoms with E-state index in [0.29, 0.717) is 4.90 Å². The van der Waals surface area contributed by atoms with Gasteiger partial charge in [0, 0.05) is 0 Å². The molecule has 0 radical (unpaired) electrons. The van der Waals surface area contributed by atoms with Gasteiger partial charge in [0.1, 0.15) is 11.6 Å². The summed E-state index contributed by atoms with van der Waals surface area (Å²) in [6, 6.07) is -1.30. The average Bonchev–Trinajstić information content (AvgIpc) is 2.63. The summed E-state index contributed by atoms with van der Waals surface area (Å²) in [7, 11) is 0. The van der Waals surface area contributed by atoms with E-state index in [4.69, 9.17) is 4.74 Å². The Morgan fingerprint density at radius 2 is 1.86 bits per heavy atom. The maximum absolute atomic E-state index is 12.3. The summed E-state index contributed by atoms with van der Waals surface area (Å²) in [5, 5.41) is 19.2. The van der Waals surface area contributed by atoms with E-state index in [1.165, 1.54) is 0 Å². The van der Waals surface area contributed by atoms with Crippen LogP contribution >= 0.6 is 0 Å². The molecule has 2 N–H and O–H groups in total. The third-order valence-corrected chi connectivity index (χ3v) is 3.31. The molecule has 21 heavy (non-hydrogen) atoms. The second-order valence-corrected chi connectivity index (χ2v) is 6.62. The van der Waals surface area contributed by atoms with Gasteiger partial charge in [-0.15, -0.1) is 0 Å². The van der Waals surface area contributed by atoms with Gasteiger partial charge in [0.05, 0.1) is 12.0 Å². The molecule has 0 aliphatic carbocycles. The number of carboxylic acids is 1. The van der Waals surface area contributed by atoms with Crippen LogP contribution in [0.4, 0.5) is 4.79 Å². The Labute approximate surface area is 123 Å². The molecule has 0 bridgehead atoms. The number of amides is 2. The van der Waals surface area contributed by atoms with Gasteiger partial charge in [-0.3, -0.25) is 4.79 Å². The number of aliphatic carboxylic acids is 1. The van der Waals surface area contributed by atoms with E-state index < -0.39 is 41.6 Å². The van der Waals surface area contributed by atoms with Crippen LogP contribution in [0, 0.1) is 11.8 Å². The Morgan fingerprint density at radius 1 is 1.33 bits per heavy atom. The first-order chi connectivity index (χ1) is 9.45. The van der Waals surface area contributed by atoms with Gasteiger partial charge in [-0.1, -0.05) is 13.8 Å². The number of nitrogens with zero attached hydrogens (tertiary/aromatic N) is 1. The zero-order chi connectivity index (χ0) is 16.5. The van der Waals surface area contributed by atoms with Gasteiger partial charge in [-0.05, 0) is 33.1 Å². The molecule has 3 unspecified atom stereocenters. The van der Waals surface area contributed by atoms with Crippen LogP contribution < -0.4 is 0 Å². The summed E-state index contributed by atoms with van der Waals surface area (Å²) < 4.78 is 5.08. The molecule has 0 aromatic heterocycles. The van der Waals surface area contributed by atoms with Gasteiger partial charge in [-0.2, -0.15) is 0 Å². The fraction of sp³-hybridized carbons (Fsp3) is 0.786. The van der Waals surface area contributed by atoms with E-state index in [2.05, 4.69) is 0 Å². The van der Waals surface area contributed by atoms with Gasteiger partial charge < -0.3 is 14.9 Å². The molecular formula is C14H23NO6. The average molecular weight is 301 g/mol. The Bertz CT molecular complexity index is 439. The van der Waals surface area contributed by atoms with Crippen molar-refractivity contribution in [3.8, 4) is 0 Å². The lowest BCUT2D eigenvalue weighted by Crippen LogP contribution is -2.46. The van der Waals surface area contributed by atoms with Gasteiger partial charge in [0.2, 0.25) is 5.91 Å². The fourth-order valence-corrected chi connectivity index (χ4v) is 2.27. The Balaban J connectivity index is 3.02. The van der Waals surface area contributed by atoms with Crippen LogP contribution in [0.2, 0.25) is 0 Å². The van der Waals surface area contributed by atoms with Crippen molar-refractivity contribution in [3.05, 3.63) is 0 Å². The zero-order valence-corrected chi connectivity index (χ0v) is 13.0. The number of likely N-dealkylation sites (tertiary alicyclic amines) is 1. The van der Waals surface area contributed by atoms with Gasteiger partial charge in [0.25, 0.3) is 0 Å². The number of imide groups is 1. The van der Waals surface area contributed by atoms with Crippen LogP contribution in [-0.2, 0) is 14.3 Å². The molecule has 0 aromatic rings. The highest BCUT2D eigenvalue weighted by atomic mass is 16.6. The fourth-order valence-electron chi connectivity index (χ4n) is 2.27. The first-order valence-electron chi connectivity index (χ1n) is 6.92. The highest BCUT2D eigenvalue weighted by molar-refractivity contribution is 6.00. The molecule has 0 aromatic carbocycles. The van der Waals surface area contributed by atoms with Crippen molar-refractivity contribution in [2.24, 2.45) is 11.8 Å². The summed E-state index contributed by atoms with van der Waals surface area (Å²) in [6.45, 7) is 8.33. The van der Waals surface area contributed by atoms with Crippen LogP contribution in [-0.4, -0.2) is 50.8 Å². The Kier molecular flexibility index (Phi) is 4.99. The molecule has 120 valence electrons. The molecule has 1 aliphatic heterocycles. The predicted octanol–water partition coefficient (Wildman–Crippen LogP) is 1.24. The van der Waals surface area contributed by atoms with Crippen molar-refractivity contribution in [2.45, 2.75) is 58.8 Å². The summed E-state index contributed by atoms with van der Waals surface area (Å²) in [5.74, 6) is -3.10. The lowest BCUT2D eigenvalue weighted by Gasteiger charge is -2.26. The van der Waals surface area contributed by atoms with E-state index in [9.17, 15) is 24.6 Å². The van der Waals surface area contributed by atoms with E-state index in [-0.39, 0.29) is 12.3 Å². The number of carbonyl (C=O) groups is 3. The van der Waals surface area contributed by atoms with Crippen molar-refractivity contribution in [1.82, 2.24) is 4.90 Å². The smallest absolute Gasteiger partial charge is 0.417 e. The third-order valence-electron chi connectivity index (χ3n) is 3.31. The van der Waals surface area contributed by atoms with Crippen LogP contribution in [0.1, 0.15) is 41.0 Å². The number of aliphatic hydroxyl groups excluding tert-OH is 1. The second kappa shape index (κ2) is 6.01. The molecule has 1 aliphatic rings. The monoisotopic (exact) mass is 301 g/mol. The summed E-state index contributed by atoms with van der Waals surface area (Å²) in [5.41, 5.74) is -0.838. The van der Waals surface area contributed by atoms with Crippen molar-refractivity contribution < 1.29 is 29.3 Å². The molecule has 1 heterocycles. The number of carbonyl (C=O) groups excluding carboxylic acids is 2. The number of hydrogen-bond donors (Lipinski definition) is 2. The molecule has 1 saturated heterocycles. The Morgan fingerprint density at radius 3 is 2.24 bits per heavy atom. The molecule has 1 rings (SSSR count). The van der Waals surface area contributed by atoms with Crippen molar-refractivity contribution in [1.29, 1.82) is 0 Å². The lowest BCUT2D eigenvalue weighted by atomic mass is 9.91. The highest BCUT2D eigenvalue weighted by Gasteiger charge is 2.50. The molecule has 7 nitrogen and oxygen atoms in total. The Hall–Kier alpha value is -1.63. The summed E-state index contributed by atoms with van der Waals surface area (Å²) in [4.78, 5) is 36.3. The van der Waals surface area contributed by atoms with Crippen molar-refractivity contribution in [2.75, 3.05) is 0 Å². The molecule has 7 heteroatoms. The van der Waals surface area contributed by atoms with Crippen LogP contribution in [0.3, 0.4) is 0 Å². The molecule has 3 atom stereocenters.